The van der Waals surface area contributed by atoms with Gasteiger partial charge in [-0.3, -0.25) is 4.79 Å². The van der Waals surface area contributed by atoms with E-state index in [9.17, 15) is 4.79 Å². The Bertz CT molecular complexity index is 285. The van der Waals surface area contributed by atoms with Crippen molar-refractivity contribution in [3.05, 3.63) is 12.7 Å². The number of nitrogens with zero attached hydrogens (tertiary/aromatic N) is 3. The first-order valence-electron chi connectivity index (χ1n) is 5.26. The van der Waals surface area contributed by atoms with Crippen LogP contribution in [-0.2, 0) is 11.3 Å². The molecule has 0 bridgehead atoms. The molecule has 1 aromatic heterocycles. The Morgan fingerprint density at radius 2 is 2.07 bits per heavy atom. The average molecular weight is 211 g/mol. The van der Waals surface area contributed by atoms with Crippen molar-refractivity contribution >= 4 is 5.97 Å². The molecule has 0 aliphatic carbocycles. The lowest BCUT2D eigenvalue weighted by molar-refractivity contribution is -0.137. The molecule has 0 aliphatic heterocycles. The summed E-state index contributed by atoms with van der Waals surface area (Å²) in [5, 5.41) is 16.0. The predicted molar refractivity (Wildman–Crippen MR) is 55.3 cm³/mol. The van der Waals surface area contributed by atoms with Gasteiger partial charge < -0.3 is 9.67 Å². The van der Waals surface area contributed by atoms with Crippen molar-refractivity contribution in [2.45, 2.75) is 39.2 Å². The van der Waals surface area contributed by atoms with E-state index in [0.717, 1.165) is 25.8 Å². The van der Waals surface area contributed by atoms with Gasteiger partial charge in [-0.1, -0.05) is 13.3 Å². The van der Waals surface area contributed by atoms with E-state index in [4.69, 9.17) is 5.11 Å². The predicted octanol–water partition coefficient (Wildman–Crippen LogP) is 1.56. The molecule has 1 unspecified atom stereocenters. The van der Waals surface area contributed by atoms with Crippen LogP contribution in [0, 0.1) is 5.92 Å². The Labute approximate surface area is 89.1 Å². The molecule has 15 heavy (non-hydrogen) atoms. The van der Waals surface area contributed by atoms with E-state index in [1.54, 1.807) is 12.7 Å². The van der Waals surface area contributed by atoms with Crippen LogP contribution in [0.5, 0.6) is 0 Å². The van der Waals surface area contributed by atoms with Crippen LogP contribution in [0.2, 0.25) is 0 Å². The van der Waals surface area contributed by atoms with Crippen molar-refractivity contribution in [2.24, 2.45) is 5.92 Å². The van der Waals surface area contributed by atoms with Crippen LogP contribution in [-0.4, -0.2) is 25.8 Å². The minimum absolute atomic E-state index is 0.265. The molecule has 0 amide bonds. The van der Waals surface area contributed by atoms with Gasteiger partial charge in [-0.05, 0) is 18.8 Å². The van der Waals surface area contributed by atoms with Gasteiger partial charge in [0.05, 0.1) is 0 Å². The fraction of sp³-hybridized carbons (Fsp3) is 0.700. The minimum Gasteiger partial charge on any atom is -0.481 e. The van der Waals surface area contributed by atoms with Crippen LogP contribution in [0.4, 0.5) is 0 Å². The summed E-state index contributed by atoms with van der Waals surface area (Å²) in [4.78, 5) is 10.4. The monoisotopic (exact) mass is 211 g/mol. The van der Waals surface area contributed by atoms with Crippen LogP contribution in [0.1, 0.15) is 32.6 Å². The van der Waals surface area contributed by atoms with E-state index in [2.05, 4.69) is 17.1 Å². The van der Waals surface area contributed by atoms with E-state index in [1.807, 2.05) is 4.57 Å². The smallest absolute Gasteiger partial charge is 0.303 e. The van der Waals surface area contributed by atoms with E-state index >= 15 is 0 Å². The number of carboxylic acid groups (broad SMARTS) is 1. The number of aliphatic carboxylic acids is 1. The lowest BCUT2D eigenvalue weighted by Crippen LogP contribution is -2.07. The van der Waals surface area contributed by atoms with Gasteiger partial charge in [-0.2, -0.15) is 0 Å². The highest BCUT2D eigenvalue weighted by Crippen LogP contribution is 2.16. The molecular formula is C10H17N3O2. The normalized spacial score (nSPS) is 12.6. The standard InChI is InChI=1S/C10H17N3O2/c1-2-9(3-4-10(14)15)5-6-13-7-11-12-8-13/h7-9H,2-6H2,1H3,(H,14,15). The van der Waals surface area contributed by atoms with E-state index < -0.39 is 5.97 Å². The summed E-state index contributed by atoms with van der Waals surface area (Å²) >= 11 is 0. The number of rotatable bonds is 7. The third kappa shape index (κ3) is 4.58. The molecule has 84 valence electrons. The maximum Gasteiger partial charge on any atom is 0.303 e. The summed E-state index contributed by atoms with van der Waals surface area (Å²) in [7, 11) is 0. The molecule has 1 atom stereocenters. The molecular weight excluding hydrogens is 194 g/mol. The third-order valence-electron chi connectivity index (χ3n) is 2.61. The molecule has 0 saturated carbocycles. The van der Waals surface area contributed by atoms with Gasteiger partial charge in [-0.15, -0.1) is 10.2 Å². The number of carbonyl (C=O) groups is 1. The van der Waals surface area contributed by atoms with Gasteiger partial charge in [-0.25, -0.2) is 0 Å². The number of aryl methyl sites for hydroxylation is 1. The maximum atomic E-state index is 10.4. The summed E-state index contributed by atoms with van der Waals surface area (Å²) in [6, 6.07) is 0. The molecule has 1 rings (SSSR count). The second-order valence-corrected chi connectivity index (χ2v) is 3.70. The lowest BCUT2D eigenvalue weighted by Gasteiger charge is -2.13. The second-order valence-electron chi connectivity index (χ2n) is 3.70. The Hall–Kier alpha value is -1.39. The number of hydrogen-bond acceptors (Lipinski definition) is 3. The number of carboxylic acids is 1. The SMILES string of the molecule is CCC(CCC(=O)O)CCn1cnnc1. The molecule has 0 fully saturated rings. The Kier molecular flexibility index (Phi) is 4.80. The summed E-state index contributed by atoms with van der Waals surface area (Å²) in [6.07, 6.45) is 6.40. The fourth-order valence-electron chi connectivity index (χ4n) is 1.55. The van der Waals surface area contributed by atoms with Gasteiger partial charge in [0.25, 0.3) is 0 Å². The first-order chi connectivity index (χ1) is 7.22. The molecule has 0 aliphatic rings. The minimum atomic E-state index is -0.710. The molecule has 1 heterocycles. The van der Waals surface area contributed by atoms with E-state index in [-0.39, 0.29) is 6.42 Å². The zero-order valence-corrected chi connectivity index (χ0v) is 8.96. The van der Waals surface area contributed by atoms with Crippen molar-refractivity contribution in [1.29, 1.82) is 0 Å². The van der Waals surface area contributed by atoms with Crippen LogP contribution in [0.25, 0.3) is 0 Å². The fourth-order valence-corrected chi connectivity index (χ4v) is 1.55. The lowest BCUT2D eigenvalue weighted by atomic mass is 9.97. The van der Waals surface area contributed by atoms with Gasteiger partial charge in [0, 0.05) is 13.0 Å². The molecule has 0 radical (unpaired) electrons. The van der Waals surface area contributed by atoms with Crippen LogP contribution in [0.3, 0.4) is 0 Å². The van der Waals surface area contributed by atoms with Gasteiger partial charge in [0.2, 0.25) is 0 Å². The van der Waals surface area contributed by atoms with Gasteiger partial charge >= 0.3 is 5.97 Å². The zero-order valence-electron chi connectivity index (χ0n) is 8.96. The first kappa shape index (κ1) is 11.7. The van der Waals surface area contributed by atoms with E-state index in [0.29, 0.717) is 5.92 Å². The highest BCUT2D eigenvalue weighted by molar-refractivity contribution is 5.66. The average Bonchev–Trinajstić information content (AvgIpc) is 2.70. The Morgan fingerprint density at radius 3 is 2.60 bits per heavy atom. The number of aromatic nitrogens is 3. The quantitative estimate of drug-likeness (QED) is 0.743. The summed E-state index contributed by atoms with van der Waals surface area (Å²) in [5.74, 6) is -0.235. The molecule has 1 aromatic rings. The van der Waals surface area contributed by atoms with E-state index in [1.165, 1.54) is 0 Å². The summed E-state index contributed by atoms with van der Waals surface area (Å²) in [5.41, 5.74) is 0. The van der Waals surface area contributed by atoms with Gasteiger partial charge in [0.15, 0.2) is 0 Å². The Morgan fingerprint density at radius 1 is 1.40 bits per heavy atom. The van der Waals surface area contributed by atoms with Crippen LogP contribution >= 0.6 is 0 Å². The molecule has 0 saturated heterocycles. The highest BCUT2D eigenvalue weighted by Gasteiger charge is 2.08. The summed E-state index contributed by atoms with van der Waals surface area (Å²) in [6.45, 7) is 2.96. The molecule has 5 heteroatoms. The summed E-state index contributed by atoms with van der Waals surface area (Å²) < 4.78 is 1.92. The van der Waals surface area contributed by atoms with Crippen molar-refractivity contribution in [1.82, 2.24) is 14.8 Å². The third-order valence-corrected chi connectivity index (χ3v) is 2.61. The molecule has 0 aromatic carbocycles. The maximum absolute atomic E-state index is 10.4. The molecule has 1 N–H and O–H groups in total. The highest BCUT2D eigenvalue weighted by atomic mass is 16.4. The largest absolute Gasteiger partial charge is 0.481 e. The molecule has 0 spiro atoms. The Balaban J connectivity index is 2.24. The van der Waals surface area contributed by atoms with Crippen molar-refractivity contribution in [3.8, 4) is 0 Å². The molecule has 5 nitrogen and oxygen atoms in total. The number of hydrogen-bond donors (Lipinski definition) is 1. The van der Waals surface area contributed by atoms with Crippen LogP contribution in [0.15, 0.2) is 12.7 Å². The topological polar surface area (TPSA) is 68.0 Å². The first-order valence-corrected chi connectivity index (χ1v) is 5.26. The second kappa shape index (κ2) is 6.16. The van der Waals surface area contributed by atoms with Gasteiger partial charge in [0.1, 0.15) is 12.7 Å². The van der Waals surface area contributed by atoms with Crippen molar-refractivity contribution in [2.75, 3.05) is 0 Å². The van der Waals surface area contributed by atoms with Crippen molar-refractivity contribution < 1.29 is 9.90 Å². The van der Waals surface area contributed by atoms with Crippen molar-refractivity contribution in [3.63, 3.8) is 0 Å². The zero-order chi connectivity index (χ0) is 11.1. The van der Waals surface area contributed by atoms with Crippen LogP contribution < -0.4 is 0 Å².